The summed E-state index contributed by atoms with van der Waals surface area (Å²) in [6, 6.07) is 13.4. The lowest BCUT2D eigenvalue weighted by atomic mass is 9.83. The number of aliphatic imine (C=N–C) groups is 1. The Morgan fingerprint density at radius 1 is 1.00 bits per heavy atom. The Morgan fingerprint density at radius 3 is 2.62 bits per heavy atom. The molecule has 0 spiro atoms. The summed E-state index contributed by atoms with van der Waals surface area (Å²) in [5, 5.41) is 2.77. The number of hydrogen-bond donors (Lipinski definition) is 1. The molecule has 0 radical (unpaired) electrons. The molecule has 2 aromatic rings. The lowest BCUT2D eigenvalue weighted by Crippen LogP contribution is -3.12. The van der Waals surface area contributed by atoms with E-state index < -0.39 is 0 Å². The fraction of sp³-hybridized carbons (Fsp3) is 0.500. The lowest BCUT2D eigenvalue weighted by molar-refractivity contribution is -0.904. The Kier molecular flexibility index (Phi) is 4.17. The Morgan fingerprint density at radius 2 is 1.79 bits per heavy atom. The number of nitrogens with one attached hydrogen (secondary N) is 1. The summed E-state index contributed by atoms with van der Waals surface area (Å²) in [7, 11) is 0. The number of rotatable bonds is 3. The molecule has 0 atom stereocenters. The van der Waals surface area contributed by atoms with Crippen LogP contribution in [0.1, 0.15) is 50.7 Å². The second-order valence-electron chi connectivity index (χ2n) is 8.17. The number of quaternary nitrogens is 1. The molecule has 1 saturated heterocycles. The van der Waals surface area contributed by atoms with Gasteiger partial charge < -0.3 is 4.90 Å². The third-order valence-corrected chi connectivity index (χ3v) is 5.67. The average Bonchev–Trinajstić information content (AvgIpc) is 2.59. The van der Waals surface area contributed by atoms with Gasteiger partial charge in [0, 0.05) is 12.1 Å². The summed E-state index contributed by atoms with van der Waals surface area (Å²) < 4.78 is 0. The molecule has 2 aromatic carbocycles. The second kappa shape index (κ2) is 6.33. The molecule has 1 fully saturated rings. The van der Waals surface area contributed by atoms with Crippen molar-refractivity contribution < 1.29 is 4.90 Å². The van der Waals surface area contributed by atoms with Gasteiger partial charge in [0.2, 0.25) is 0 Å². The number of benzene rings is 2. The van der Waals surface area contributed by atoms with Crippen LogP contribution in [0.2, 0.25) is 0 Å². The van der Waals surface area contributed by atoms with Gasteiger partial charge in [-0.2, -0.15) is 0 Å². The quantitative estimate of drug-likeness (QED) is 0.892. The highest BCUT2D eigenvalue weighted by Gasteiger charge is 2.28. The Bertz CT molecular complexity index is 767. The van der Waals surface area contributed by atoms with Crippen molar-refractivity contribution in [3.8, 4) is 0 Å². The van der Waals surface area contributed by atoms with Crippen LogP contribution in [0, 0.1) is 0 Å². The molecule has 2 heterocycles. The molecule has 0 saturated carbocycles. The van der Waals surface area contributed by atoms with E-state index in [2.05, 4.69) is 50.2 Å². The minimum absolute atomic E-state index is 0.0175. The van der Waals surface area contributed by atoms with E-state index in [9.17, 15) is 0 Å². The molecule has 2 nitrogen and oxygen atoms in total. The Labute approximate surface area is 145 Å². The van der Waals surface area contributed by atoms with Crippen LogP contribution in [0.15, 0.2) is 41.4 Å². The molecule has 24 heavy (non-hydrogen) atoms. The van der Waals surface area contributed by atoms with Gasteiger partial charge in [0.15, 0.2) is 0 Å². The van der Waals surface area contributed by atoms with Crippen LogP contribution >= 0.6 is 0 Å². The number of hydrogen-bond acceptors (Lipinski definition) is 1. The van der Waals surface area contributed by atoms with Crippen LogP contribution in [0.5, 0.6) is 0 Å². The number of nitrogens with zero attached hydrogens (tertiary/aromatic N) is 1. The molecule has 0 bridgehead atoms. The van der Waals surface area contributed by atoms with Gasteiger partial charge in [-0.05, 0) is 61.4 Å². The van der Waals surface area contributed by atoms with E-state index in [1.165, 1.54) is 66.5 Å². The van der Waals surface area contributed by atoms with E-state index in [-0.39, 0.29) is 5.54 Å². The zero-order chi connectivity index (χ0) is 16.6. The lowest BCUT2D eigenvalue weighted by Gasteiger charge is -2.31. The van der Waals surface area contributed by atoms with Crippen LogP contribution in [-0.4, -0.2) is 30.9 Å². The second-order valence-corrected chi connectivity index (χ2v) is 8.17. The first-order valence-corrected chi connectivity index (χ1v) is 9.56. The van der Waals surface area contributed by atoms with Crippen molar-refractivity contribution in [2.24, 2.45) is 4.99 Å². The van der Waals surface area contributed by atoms with Crippen LogP contribution in [0.3, 0.4) is 0 Å². The van der Waals surface area contributed by atoms with E-state index in [0.717, 1.165) is 12.8 Å². The third kappa shape index (κ3) is 3.12. The smallest absolute Gasteiger partial charge is 0.0827 e. The zero-order valence-electron chi connectivity index (χ0n) is 15.1. The summed E-state index contributed by atoms with van der Waals surface area (Å²) in [5.41, 5.74) is 4.27. The topological polar surface area (TPSA) is 16.8 Å². The summed E-state index contributed by atoms with van der Waals surface area (Å²) in [4.78, 5) is 6.92. The standard InChI is InChI=1S/C22H28N2/c1-22(2)16-20-18-9-5-4-8-17(18)10-11-19(20)21(23-22)12-15-24-13-6-3-7-14-24/h4-5,8-11H,3,6-7,12-16H2,1-2H3/p+1. The molecular weight excluding hydrogens is 292 g/mol. The van der Waals surface area contributed by atoms with E-state index in [1.807, 2.05) is 0 Å². The van der Waals surface area contributed by atoms with Gasteiger partial charge in [0.1, 0.15) is 0 Å². The van der Waals surface area contributed by atoms with Gasteiger partial charge in [0.25, 0.3) is 0 Å². The Hall–Kier alpha value is -1.67. The SMILES string of the molecule is CC1(C)Cc2c(ccc3ccccc23)C(CC[NH+]2CCCCC2)=N1. The molecule has 126 valence electrons. The van der Waals surface area contributed by atoms with Crippen molar-refractivity contribution in [1.29, 1.82) is 0 Å². The zero-order valence-corrected chi connectivity index (χ0v) is 15.1. The highest BCUT2D eigenvalue weighted by molar-refractivity contribution is 6.07. The summed E-state index contributed by atoms with van der Waals surface area (Å²) in [6.07, 6.45) is 6.38. The van der Waals surface area contributed by atoms with Crippen LogP contribution in [0.25, 0.3) is 10.8 Å². The third-order valence-electron chi connectivity index (χ3n) is 5.67. The van der Waals surface area contributed by atoms with E-state index in [4.69, 9.17) is 4.99 Å². The average molecular weight is 321 g/mol. The highest BCUT2D eigenvalue weighted by Crippen LogP contribution is 2.33. The van der Waals surface area contributed by atoms with Crippen molar-refractivity contribution in [3.05, 3.63) is 47.5 Å². The van der Waals surface area contributed by atoms with Crippen molar-refractivity contribution in [1.82, 2.24) is 0 Å². The van der Waals surface area contributed by atoms with Crippen LogP contribution in [-0.2, 0) is 6.42 Å². The summed E-state index contributed by atoms with van der Waals surface area (Å²) >= 11 is 0. The highest BCUT2D eigenvalue weighted by atomic mass is 15.1. The first-order chi connectivity index (χ1) is 11.6. The first-order valence-electron chi connectivity index (χ1n) is 9.56. The van der Waals surface area contributed by atoms with Gasteiger partial charge in [-0.1, -0.05) is 36.4 Å². The summed E-state index contributed by atoms with van der Waals surface area (Å²) in [5.74, 6) is 0. The fourth-order valence-corrected chi connectivity index (χ4v) is 4.48. The van der Waals surface area contributed by atoms with E-state index in [1.54, 1.807) is 4.90 Å². The van der Waals surface area contributed by atoms with Crippen LogP contribution in [0.4, 0.5) is 0 Å². The first kappa shape index (κ1) is 15.8. The van der Waals surface area contributed by atoms with Crippen molar-refractivity contribution in [2.45, 2.75) is 51.5 Å². The normalized spacial score (nSPS) is 20.7. The van der Waals surface area contributed by atoms with E-state index >= 15 is 0 Å². The number of likely N-dealkylation sites (tertiary alicyclic amines) is 1. The number of piperidine rings is 1. The van der Waals surface area contributed by atoms with E-state index in [0.29, 0.717) is 0 Å². The minimum Gasteiger partial charge on any atom is -0.335 e. The monoisotopic (exact) mass is 321 g/mol. The van der Waals surface area contributed by atoms with Crippen LogP contribution < -0.4 is 4.90 Å². The predicted molar refractivity (Wildman–Crippen MR) is 102 cm³/mol. The molecule has 2 aliphatic rings. The minimum atomic E-state index is 0.0175. The molecule has 0 unspecified atom stereocenters. The van der Waals surface area contributed by atoms with Gasteiger partial charge >= 0.3 is 0 Å². The maximum absolute atomic E-state index is 5.15. The Balaban J connectivity index is 1.66. The molecule has 0 aromatic heterocycles. The van der Waals surface area contributed by atoms with Gasteiger partial charge in [-0.3, -0.25) is 4.99 Å². The molecule has 0 aliphatic carbocycles. The maximum atomic E-state index is 5.15. The van der Waals surface area contributed by atoms with Crippen molar-refractivity contribution in [2.75, 3.05) is 19.6 Å². The summed E-state index contributed by atoms with van der Waals surface area (Å²) in [6.45, 7) is 8.50. The molecule has 2 aliphatic heterocycles. The maximum Gasteiger partial charge on any atom is 0.0827 e. The molecule has 2 heteroatoms. The fourth-order valence-electron chi connectivity index (χ4n) is 4.48. The number of fused-ring (bicyclic) bond motifs is 3. The van der Waals surface area contributed by atoms with Gasteiger partial charge in [-0.15, -0.1) is 0 Å². The molecular formula is C22H29N2+. The van der Waals surface area contributed by atoms with Gasteiger partial charge in [0.05, 0.1) is 25.2 Å². The van der Waals surface area contributed by atoms with Crippen molar-refractivity contribution in [3.63, 3.8) is 0 Å². The molecule has 1 N–H and O–H groups in total. The molecule has 4 rings (SSSR count). The largest absolute Gasteiger partial charge is 0.335 e. The van der Waals surface area contributed by atoms with Crippen molar-refractivity contribution >= 4 is 16.5 Å². The van der Waals surface area contributed by atoms with Gasteiger partial charge in [-0.25, -0.2) is 0 Å². The molecule has 0 amide bonds. The predicted octanol–water partition coefficient (Wildman–Crippen LogP) is 3.42.